The number of benzene rings is 2. The summed E-state index contributed by atoms with van der Waals surface area (Å²) in [5.74, 6) is 1.63. The maximum absolute atomic E-state index is 13.1. The number of nitrogens with zero attached hydrogens (tertiary/aromatic N) is 5. The lowest BCUT2D eigenvalue weighted by molar-refractivity contribution is 0.111. The summed E-state index contributed by atoms with van der Waals surface area (Å²) in [6.07, 6.45) is 1.64. The molecular weight excluding hydrogens is 421 g/mol. The van der Waals surface area contributed by atoms with Crippen molar-refractivity contribution in [1.29, 1.82) is 0 Å². The monoisotopic (exact) mass is 445 g/mol. The molecule has 5 rings (SSSR count). The molecule has 1 fully saturated rings. The molecule has 1 saturated heterocycles. The fourth-order valence-corrected chi connectivity index (χ4v) is 3.88. The Morgan fingerprint density at radius 2 is 1.70 bits per heavy atom. The highest BCUT2D eigenvalue weighted by Gasteiger charge is 2.30. The Kier molecular flexibility index (Phi) is 6.10. The smallest absolute Gasteiger partial charge is 0.248 e. The number of halogens is 1. The molecule has 1 aliphatic heterocycles. The largest absolute Gasteiger partial charge is 0.439 e. The number of likely N-dealkylation sites (N-methyl/N-ethyl adjacent to an activating group) is 1. The Bertz CT molecular complexity index is 1170. The van der Waals surface area contributed by atoms with Crippen molar-refractivity contribution < 1.29 is 13.7 Å². The normalized spacial score (nSPS) is 15.9. The lowest BCUT2D eigenvalue weighted by Crippen LogP contribution is -2.46. The van der Waals surface area contributed by atoms with Crippen LogP contribution in [0.25, 0.3) is 11.4 Å². The molecule has 3 heterocycles. The molecular formula is C25H24FN5O2. The first kappa shape index (κ1) is 21.2. The molecule has 0 amide bonds. The zero-order chi connectivity index (χ0) is 22.6. The van der Waals surface area contributed by atoms with Crippen molar-refractivity contribution in [2.45, 2.75) is 6.04 Å². The van der Waals surface area contributed by atoms with Crippen LogP contribution in [0, 0.1) is 5.82 Å². The first-order valence-corrected chi connectivity index (χ1v) is 10.9. The highest BCUT2D eigenvalue weighted by Crippen LogP contribution is 2.30. The topological polar surface area (TPSA) is 67.5 Å². The van der Waals surface area contributed by atoms with E-state index < -0.39 is 0 Å². The van der Waals surface area contributed by atoms with E-state index in [2.05, 4.69) is 39.1 Å². The Hall–Kier alpha value is -3.62. The van der Waals surface area contributed by atoms with E-state index in [1.165, 1.54) is 12.1 Å². The van der Waals surface area contributed by atoms with Gasteiger partial charge in [0.1, 0.15) is 17.6 Å². The van der Waals surface area contributed by atoms with Crippen molar-refractivity contribution in [3.05, 3.63) is 90.2 Å². The summed E-state index contributed by atoms with van der Waals surface area (Å²) in [6, 6.07) is 19.5. The van der Waals surface area contributed by atoms with E-state index in [-0.39, 0.29) is 11.9 Å². The third-order valence-corrected chi connectivity index (χ3v) is 5.72. The van der Waals surface area contributed by atoms with Gasteiger partial charge in [-0.2, -0.15) is 4.98 Å². The average Bonchev–Trinajstić information content (AvgIpc) is 3.33. The van der Waals surface area contributed by atoms with Crippen LogP contribution in [0.2, 0.25) is 0 Å². The van der Waals surface area contributed by atoms with Crippen LogP contribution in [0.5, 0.6) is 11.6 Å². The molecule has 0 unspecified atom stereocenters. The first-order chi connectivity index (χ1) is 16.2. The lowest BCUT2D eigenvalue weighted by atomic mass is 10.0. The predicted molar refractivity (Wildman–Crippen MR) is 121 cm³/mol. The van der Waals surface area contributed by atoms with Gasteiger partial charge in [0.15, 0.2) is 0 Å². The SMILES string of the molecule is CN1CCN([C@@H](c2ccccc2)c2nc(-c3ccc(Oc4ccc(F)cc4)nc3)no2)CC1. The highest BCUT2D eigenvalue weighted by atomic mass is 19.1. The van der Waals surface area contributed by atoms with Gasteiger partial charge in [0.05, 0.1) is 0 Å². The van der Waals surface area contributed by atoms with Crippen molar-refractivity contribution in [3.63, 3.8) is 0 Å². The van der Waals surface area contributed by atoms with Crippen molar-refractivity contribution in [2.75, 3.05) is 33.2 Å². The summed E-state index contributed by atoms with van der Waals surface area (Å²) in [7, 11) is 2.14. The van der Waals surface area contributed by atoms with E-state index in [1.807, 2.05) is 24.3 Å². The average molecular weight is 445 g/mol. The van der Waals surface area contributed by atoms with Crippen LogP contribution >= 0.6 is 0 Å². The fraction of sp³-hybridized carbons (Fsp3) is 0.240. The van der Waals surface area contributed by atoms with Crippen molar-refractivity contribution in [2.24, 2.45) is 0 Å². The second-order valence-electron chi connectivity index (χ2n) is 8.05. The van der Waals surface area contributed by atoms with Crippen molar-refractivity contribution in [3.8, 4) is 23.0 Å². The zero-order valence-electron chi connectivity index (χ0n) is 18.3. The van der Waals surface area contributed by atoms with Gasteiger partial charge in [-0.1, -0.05) is 35.5 Å². The molecule has 8 heteroatoms. The molecule has 0 saturated carbocycles. The van der Waals surface area contributed by atoms with E-state index in [4.69, 9.17) is 14.2 Å². The van der Waals surface area contributed by atoms with Gasteiger partial charge in [-0.3, -0.25) is 4.90 Å². The van der Waals surface area contributed by atoms with Gasteiger partial charge in [0.25, 0.3) is 0 Å². The minimum absolute atomic E-state index is 0.102. The molecule has 1 aliphatic rings. The van der Waals surface area contributed by atoms with E-state index in [9.17, 15) is 4.39 Å². The van der Waals surface area contributed by atoms with Gasteiger partial charge >= 0.3 is 0 Å². The van der Waals surface area contributed by atoms with Crippen molar-refractivity contribution in [1.82, 2.24) is 24.9 Å². The summed E-state index contributed by atoms with van der Waals surface area (Å²) in [4.78, 5) is 13.7. The first-order valence-electron chi connectivity index (χ1n) is 10.9. The maximum Gasteiger partial charge on any atom is 0.248 e. The van der Waals surface area contributed by atoms with Gasteiger partial charge in [-0.15, -0.1) is 0 Å². The minimum Gasteiger partial charge on any atom is -0.439 e. The Labute approximate surface area is 191 Å². The van der Waals surface area contributed by atoms with Crippen LogP contribution in [0.1, 0.15) is 17.5 Å². The molecule has 7 nitrogen and oxygen atoms in total. The molecule has 0 aliphatic carbocycles. The molecule has 1 atom stereocenters. The molecule has 33 heavy (non-hydrogen) atoms. The van der Waals surface area contributed by atoms with Crippen molar-refractivity contribution >= 4 is 0 Å². The Morgan fingerprint density at radius 3 is 2.39 bits per heavy atom. The van der Waals surface area contributed by atoms with Crippen LogP contribution in [0.3, 0.4) is 0 Å². The van der Waals surface area contributed by atoms with Crippen LogP contribution in [0.15, 0.2) is 77.4 Å². The number of pyridine rings is 1. The molecule has 0 spiro atoms. The Morgan fingerprint density at radius 1 is 0.939 bits per heavy atom. The summed E-state index contributed by atoms with van der Waals surface area (Å²) in [5, 5.41) is 4.22. The number of ether oxygens (including phenoxy) is 1. The summed E-state index contributed by atoms with van der Waals surface area (Å²) in [5.41, 5.74) is 1.85. The lowest BCUT2D eigenvalue weighted by Gasteiger charge is -2.36. The molecule has 0 bridgehead atoms. The third-order valence-electron chi connectivity index (χ3n) is 5.72. The van der Waals surface area contributed by atoms with E-state index in [0.29, 0.717) is 23.3 Å². The van der Waals surface area contributed by atoms with Gasteiger partial charge < -0.3 is 14.2 Å². The van der Waals surface area contributed by atoms with E-state index in [0.717, 1.165) is 37.3 Å². The molecule has 2 aromatic carbocycles. The van der Waals surface area contributed by atoms with Gasteiger partial charge in [-0.05, 0) is 42.9 Å². The van der Waals surface area contributed by atoms with Gasteiger partial charge in [-0.25, -0.2) is 9.37 Å². The van der Waals surface area contributed by atoms with Crippen LogP contribution < -0.4 is 4.74 Å². The van der Waals surface area contributed by atoms with Crippen LogP contribution in [-0.2, 0) is 0 Å². The number of piperazine rings is 1. The third kappa shape index (κ3) is 4.92. The predicted octanol–water partition coefficient (Wildman–Crippen LogP) is 4.40. The molecule has 0 N–H and O–H groups in total. The second-order valence-corrected chi connectivity index (χ2v) is 8.05. The number of aromatic nitrogens is 3. The van der Waals surface area contributed by atoms with E-state index in [1.54, 1.807) is 24.4 Å². The maximum atomic E-state index is 13.1. The van der Waals surface area contributed by atoms with Crippen LogP contribution in [0.4, 0.5) is 4.39 Å². The quantitative estimate of drug-likeness (QED) is 0.436. The number of hydrogen-bond donors (Lipinski definition) is 0. The zero-order valence-corrected chi connectivity index (χ0v) is 18.3. The Balaban J connectivity index is 1.36. The summed E-state index contributed by atoms with van der Waals surface area (Å²) >= 11 is 0. The molecule has 2 aromatic heterocycles. The highest BCUT2D eigenvalue weighted by molar-refractivity contribution is 5.53. The number of rotatable bonds is 6. The van der Waals surface area contributed by atoms with Gasteiger partial charge in [0, 0.05) is 44.0 Å². The summed E-state index contributed by atoms with van der Waals surface area (Å²) in [6.45, 7) is 3.82. The standard InChI is InChI=1S/C25H24FN5O2/c1-30-13-15-31(16-14-30)23(18-5-3-2-4-6-18)25-28-24(29-33-25)19-7-12-22(27-17-19)32-21-10-8-20(26)9-11-21/h2-12,17,23H,13-16H2,1H3/t23-/m0/s1. The summed E-state index contributed by atoms with van der Waals surface area (Å²) < 4.78 is 24.5. The van der Waals surface area contributed by atoms with Crippen LogP contribution in [-0.4, -0.2) is 58.2 Å². The number of hydrogen-bond acceptors (Lipinski definition) is 7. The van der Waals surface area contributed by atoms with Gasteiger partial charge in [0.2, 0.25) is 17.6 Å². The molecule has 4 aromatic rings. The minimum atomic E-state index is -0.316. The molecule has 168 valence electrons. The second kappa shape index (κ2) is 9.48. The molecule has 0 radical (unpaired) electrons. The fourth-order valence-electron chi connectivity index (χ4n) is 3.88. The van der Waals surface area contributed by atoms with E-state index >= 15 is 0 Å².